The Kier molecular flexibility index (Phi) is 15.8. The van der Waals surface area contributed by atoms with Crippen molar-refractivity contribution in [2.45, 2.75) is 84.3 Å². The van der Waals surface area contributed by atoms with Crippen LogP contribution in [0.2, 0.25) is 25.7 Å². The Bertz CT molecular complexity index is 1710. The van der Waals surface area contributed by atoms with Gasteiger partial charge in [-0.25, -0.2) is 8.78 Å². The Hall–Kier alpha value is -4.01. The molecule has 1 heterocycles. The van der Waals surface area contributed by atoms with Gasteiger partial charge < -0.3 is 30.2 Å². The van der Waals surface area contributed by atoms with Crippen LogP contribution in [-0.2, 0) is 30.5 Å². The lowest BCUT2D eigenvalue weighted by molar-refractivity contribution is -0.152. The zero-order valence-corrected chi connectivity index (χ0v) is 33.3. The largest absolute Gasteiger partial charge is 0.481 e. The molecule has 1 unspecified atom stereocenters. The van der Waals surface area contributed by atoms with Gasteiger partial charge in [0.15, 0.2) is 0 Å². The van der Waals surface area contributed by atoms with E-state index in [-0.39, 0.29) is 49.6 Å². The maximum absolute atomic E-state index is 15.2. The highest BCUT2D eigenvalue weighted by molar-refractivity contribution is 7.99. The van der Waals surface area contributed by atoms with Gasteiger partial charge in [-0.15, -0.1) is 0 Å². The third-order valence-electron chi connectivity index (χ3n) is 8.81. The number of carboxylic acid groups (broad SMARTS) is 2. The smallest absolute Gasteiger partial charge is 0.320 e. The van der Waals surface area contributed by atoms with E-state index in [0.717, 1.165) is 29.8 Å². The van der Waals surface area contributed by atoms with Gasteiger partial charge in [0.2, 0.25) is 5.91 Å². The molecule has 2 aromatic carbocycles. The number of amides is 1. The molecule has 1 amide bonds. The number of rotatable bonds is 20. The molecule has 3 atom stereocenters. The monoisotopic (exact) mass is 773 g/mol. The van der Waals surface area contributed by atoms with Crippen molar-refractivity contribution in [2.75, 3.05) is 24.7 Å². The van der Waals surface area contributed by atoms with E-state index in [1.54, 1.807) is 17.2 Å². The van der Waals surface area contributed by atoms with Crippen LogP contribution < -0.4 is 5.73 Å². The molecule has 0 fully saturated rings. The van der Waals surface area contributed by atoms with Crippen molar-refractivity contribution in [3.8, 4) is 11.1 Å². The number of halogens is 2. The molecule has 290 valence electrons. The number of thioether (sulfide) groups is 1. The summed E-state index contributed by atoms with van der Waals surface area (Å²) in [5, 5.41) is 19.4. The molecule has 0 saturated heterocycles. The topological polar surface area (TPSA) is 152 Å². The molecule has 0 radical (unpaired) electrons. The third kappa shape index (κ3) is 13.7. The fourth-order valence-corrected chi connectivity index (χ4v) is 7.54. The average molecular weight is 774 g/mol. The van der Waals surface area contributed by atoms with Crippen molar-refractivity contribution in [3.63, 3.8) is 0 Å². The zero-order valence-electron chi connectivity index (χ0n) is 31.4. The van der Waals surface area contributed by atoms with Crippen LogP contribution in [0.25, 0.3) is 11.1 Å². The normalized spacial score (nSPS) is 13.6. The maximum atomic E-state index is 15.2. The van der Waals surface area contributed by atoms with E-state index in [1.807, 2.05) is 55.7 Å². The summed E-state index contributed by atoms with van der Waals surface area (Å²) in [6, 6.07) is 13.4. The summed E-state index contributed by atoms with van der Waals surface area (Å²) >= 11 is 1.21. The van der Waals surface area contributed by atoms with Gasteiger partial charge >= 0.3 is 17.9 Å². The van der Waals surface area contributed by atoms with E-state index < -0.39 is 61.0 Å². The number of esters is 1. The molecule has 3 rings (SSSR count). The van der Waals surface area contributed by atoms with E-state index in [2.05, 4.69) is 19.6 Å². The number of ether oxygens (including phenoxy) is 1. The van der Waals surface area contributed by atoms with Crippen LogP contribution in [0.15, 0.2) is 60.8 Å². The first-order chi connectivity index (χ1) is 24.8. The minimum Gasteiger partial charge on any atom is -0.481 e. The Morgan fingerprint density at radius 3 is 2.26 bits per heavy atom. The van der Waals surface area contributed by atoms with Gasteiger partial charge in [-0.3, -0.25) is 19.2 Å². The lowest BCUT2D eigenvalue weighted by atomic mass is 9.82. The highest BCUT2D eigenvalue weighted by Crippen LogP contribution is 2.42. The molecule has 0 saturated carbocycles. The van der Waals surface area contributed by atoms with Crippen LogP contribution in [0.3, 0.4) is 0 Å². The summed E-state index contributed by atoms with van der Waals surface area (Å²) in [5.74, 6) is -5.43. The average Bonchev–Trinajstić information content (AvgIpc) is 3.46. The number of nitrogens with two attached hydrogens (primary N) is 1. The minimum absolute atomic E-state index is 0.0463. The predicted octanol–water partition coefficient (Wildman–Crippen LogP) is 7.30. The Labute approximate surface area is 316 Å². The third-order valence-corrected chi connectivity index (χ3v) is 11.5. The van der Waals surface area contributed by atoms with Crippen LogP contribution in [0, 0.1) is 23.0 Å². The summed E-state index contributed by atoms with van der Waals surface area (Å²) in [5.41, 5.74) is 6.98. The second-order valence-electron chi connectivity index (χ2n) is 15.6. The van der Waals surface area contributed by atoms with Gasteiger partial charge in [0, 0.05) is 44.2 Å². The molecule has 0 aliphatic carbocycles. The van der Waals surface area contributed by atoms with Gasteiger partial charge in [0.05, 0.1) is 30.7 Å². The molecule has 14 heteroatoms. The summed E-state index contributed by atoms with van der Waals surface area (Å²) < 4.78 is 36.9. The Morgan fingerprint density at radius 1 is 0.981 bits per heavy atom. The molecule has 10 nitrogen and oxygen atoms in total. The van der Waals surface area contributed by atoms with Crippen LogP contribution in [0.1, 0.15) is 57.3 Å². The zero-order chi connectivity index (χ0) is 39.5. The summed E-state index contributed by atoms with van der Waals surface area (Å²) in [6.07, 6.45) is 1.44. The molecular weight excluding hydrogens is 721 g/mol. The van der Waals surface area contributed by atoms with Gasteiger partial charge in [-0.2, -0.15) is 11.8 Å². The summed E-state index contributed by atoms with van der Waals surface area (Å²) in [6.45, 7) is 12.7. The standard InChI is InChI=1S/C39H53F2N3O7SSi/c1-39(2,3)36(33-20-28(30-22-29(40)12-13-31(30)41)24-43(33)23-26-10-8-7-9-11-26)44(34(45)25-52-18-15-32(42)38(49)50)16-14-27(37(47)48)21-35(46)51-17-19-53(4,5)6/h7-13,20,22,24,27,32,36H,14-19,21,23,25,42H2,1-6H3,(H,47,48)(H,49,50)/t27-,32?,36+/m1/s1. The van der Waals surface area contributed by atoms with Crippen molar-refractivity contribution >= 4 is 43.7 Å². The summed E-state index contributed by atoms with van der Waals surface area (Å²) in [4.78, 5) is 52.3. The SMILES string of the molecule is CC(C)(C)[C@H](c1cc(-c2cc(F)ccc2F)cn1Cc1ccccc1)N(CC[C@H](CC(=O)OCC[Si](C)(C)C)C(=O)O)C(=O)CSCCC(N)C(=O)O. The molecule has 1 aromatic heterocycles. The van der Waals surface area contributed by atoms with Crippen molar-refractivity contribution in [1.82, 2.24) is 9.47 Å². The van der Waals surface area contributed by atoms with Crippen LogP contribution >= 0.6 is 11.8 Å². The van der Waals surface area contributed by atoms with Crippen LogP contribution in [-0.4, -0.2) is 82.3 Å². The van der Waals surface area contributed by atoms with Gasteiger partial charge in [0.1, 0.15) is 17.7 Å². The Morgan fingerprint density at radius 2 is 1.66 bits per heavy atom. The molecule has 0 bridgehead atoms. The number of hydrogen-bond donors (Lipinski definition) is 3. The molecular formula is C39H53F2N3O7SSi. The minimum atomic E-state index is -1.49. The number of benzene rings is 2. The predicted molar refractivity (Wildman–Crippen MR) is 206 cm³/mol. The molecule has 0 aliphatic rings. The highest BCUT2D eigenvalue weighted by Gasteiger charge is 2.38. The maximum Gasteiger partial charge on any atom is 0.320 e. The second-order valence-corrected chi connectivity index (χ2v) is 22.3. The first-order valence-electron chi connectivity index (χ1n) is 17.7. The Balaban J connectivity index is 2.06. The molecule has 0 spiro atoms. The van der Waals surface area contributed by atoms with E-state index in [9.17, 15) is 33.8 Å². The van der Waals surface area contributed by atoms with E-state index in [1.165, 1.54) is 11.8 Å². The molecule has 53 heavy (non-hydrogen) atoms. The number of carbonyl (C=O) groups excluding carboxylic acids is 2. The van der Waals surface area contributed by atoms with Gasteiger partial charge in [-0.1, -0.05) is 70.7 Å². The number of carboxylic acids is 2. The van der Waals surface area contributed by atoms with Crippen molar-refractivity contribution in [2.24, 2.45) is 17.1 Å². The van der Waals surface area contributed by atoms with E-state index in [4.69, 9.17) is 10.5 Å². The first-order valence-corrected chi connectivity index (χ1v) is 22.6. The van der Waals surface area contributed by atoms with Crippen molar-refractivity contribution in [3.05, 3.63) is 83.7 Å². The number of aromatic nitrogens is 1. The molecule has 0 aliphatic heterocycles. The fourth-order valence-electron chi connectivity index (χ4n) is 5.92. The van der Waals surface area contributed by atoms with Gasteiger partial charge in [0.25, 0.3) is 0 Å². The van der Waals surface area contributed by atoms with Crippen molar-refractivity contribution < 1.29 is 42.9 Å². The second kappa shape index (κ2) is 19.4. The number of carbonyl (C=O) groups is 4. The van der Waals surface area contributed by atoms with Crippen LogP contribution in [0.5, 0.6) is 0 Å². The number of aliphatic carboxylic acids is 2. The highest BCUT2D eigenvalue weighted by atomic mass is 32.2. The van der Waals surface area contributed by atoms with Gasteiger partial charge in [-0.05, 0) is 59.9 Å². The first kappa shape index (κ1) is 43.4. The number of nitrogens with zero attached hydrogens (tertiary/aromatic N) is 2. The molecule has 3 aromatic rings. The molecule has 4 N–H and O–H groups in total. The lowest BCUT2D eigenvalue weighted by Gasteiger charge is -2.41. The quantitative estimate of drug-likeness (QED) is 0.0611. The lowest BCUT2D eigenvalue weighted by Crippen LogP contribution is -2.44. The van der Waals surface area contributed by atoms with Crippen LogP contribution in [0.4, 0.5) is 8.78 Å². The van der Waals surface area contributed by atoms with Crippen molar-refractivity contribution in [1.29, 1.82) is 0 Å². The fraction of sp³-hybridized carbons (Fsp3) is 0.487. The van der Waals surface area contributed by atoms with E-state index in [0.29, 0.717) is 23.6 Å². The number of hydrogen-bond acceptors (Lipinski definition) is 7. The summed E-state index contributed by atoms with van der Waals surface area (Å²) in [7, 11) is -1.49. The van der Waals surface area contributed by atoms with E-state index >= 15 is 4.39 Å².